The zero-order valence-corrected chi connectivity index (χ0v) is 9.49. The third kappa shape index (κ3) is 2.11. The summed E-state index contributed by atoms with van der Waals surface area (Å²) in [7, 11) is 0. The van der Waals surface area contributed by atoms with Gasteiger partial charge in [0.05, 0.1) is 11.8 Å². The van der Waals surface area contributed by atoms with E-state index in [2.05, 4.69) is 18.9 Å². The Balaban J connectivity index is 2.16. The van der Waals surface area contributed by atoms with Crippen LogP contribution in [0, 0.1) is 5.92 Å². The Morgan fingerprint density at radius 2 is 2.27 bits per heavy atom. The van der Waals surface area contributed by atoms with Crippen LogP contribution in [-0.4, -0.2) is 15.6 Å². The van der Waals surface area contributed by atoms with Crippen molar-refractivity contribution in [3.8, 4) is 0 Å². The van der Waals surface area contributed by atoms with E-state index in [1.165, 1.54) is 0 Å². The van der Waals surface area contributed by atoms with E-state index in [0.717, 1.165) is 37.1 Å². The summed E-state index contributed by atoms with van der Waals surface area (Å²) in [5.74, 6) is 0.955. The Morgan fingerprint density at radius 1 is 1.47 bits per heavy atom. The highest BCUT2D eigenvalue weighted by Gasteiger charge is 2.21. The monoisotopic (exact) mass is 206 g/mol. The fraction of sp³-hybridized carbons (Fsp3) is 0.667. The molecule has 0 radical (unpaired) electrons. The molecule has 1 aromatic rings. The van der Waals surface area contributed by atoms with Crippen LogP contribution in [0.2, 0.25) is 0 Å². The summed E-state index contributed by atoms with van der Waals surface area (Å²) in [5.41, 5.74) is 2.02. The van der Waals surface area contributed by atoms with Crippen molar-refractivity contribution in [3.05, 3.63) is 17.5 Å². The molecule has 15 heavy (non-hydrogen) atoms. The van der Waals surface area contributed by atoms with Crippen molar-refractivity contribution in [1.82, 2.24) is 9.78 Å². The third-order valence-corrected chi connectivity index (χ3v) is 2.98. The highest BCUT2D eigenvalue weighted by molar-refractivity contribution is 5.97. The first-order valence-corrected chi connectivity index (χ1v) is 5.76. The molecule has 0 N–H and O–H groups in total. The van der Waals surface area contributed by atoms with E-state index in [1.54, 1.807) is 6.20 Å². The minimum Gasteiger partial charge on any atom is -0.294 e. The molecule has 0 amide bonds. The number of aromatic nitrogens is 2. The lowest BCUT2D eigenvalue weighted by Crippen LogP contribution is -2.14. The summed E-state index contributed by atoms with van der Waals surface area (Å²) in [4.78, 5) is 11.6. The van der Waals surface area contributed by atoms with Crippen LogP contribution in [-0.2, 0) is 13.0 Å². The molecule has 0 spiro atoms. The van der Waals surface area contributed by atoms with Gasteiger partial charge in [-0.05, 0) is 25.2 Å². The van der Waals surface area contributed by atoms with Crippen molar-refractivity contribution in [1.29, 1.82) is 0 Å². The van der Waals surface area contributed by atoms with Crippen LogP contribution in [0.1, 0.15) is 49.2 Å². The summed E-state index contributed by atoms with van der Waals surface area (Å²) in [6.07, 6.45) is 5.57. The molecule has 0 fully saturated rings. The molecule has 0 aliphatic heterocycles. The standard InChI is InChI=1S/C12H18N2O/c1-9(2)6-7-14-11-4-3-5-12(15)10(11)8-13-14/h8-9H,3-7H2,1-2H3. The summed E-state index contributed by atoms with van der Waals surface area (Å²) in [5, 5.41) is 4.32. The van der Waals surface area contributed by atoms with Crippen molar-refractivity contribution >= 4 is 5.78 Å². The molecule has 2 rings (SSSR count). The van der Waals surface area contributed by atoms with Gasteiger partial charge in [-0.25, -0.2) is 0 Å². The molecule has 0 bridgehead atoms. The van der Waals surface area contributed by atoms with Gasteiger partial charge in [0.1, 0.15) is 0 Å². The number of nitrogens with zero attached hydrogens (tertiary/aromatic N) is 2. The van der Waals surface area contributed by atoms with E-state index in [9.17, 15) is 4.79 Å². The Morgan fingerprint density at radius 3 is 3.00 bits per heavy atom. The zero-order valence-electron chi connectivity index (χ0n) is 9.49. The lowest BCUT2D eigenvalue weighted by atomic mass is 9.97. The van der Waals surface area contributed by atoms with Crippen molar-refractivity contribution in [2.75, 3.05) is 0 Å². The average Bonchev–Trinajstić information content (AvgIpc) is 2.59. The lowest BCUT2D eigenvalue weighted by Gasteiger charge is -2.13. The summed E-state index contributed by atoms with van der Waals surface area (Å²) >= 11 is 0. The molecule has 0 aromatic carbocycles. The van der Waals surface area contributed by atoms with Gasteiger partial charge in [0, 0.05) is 18.7 Å². The predicted octanol–water partition coefficient (Wildman–Crippen LogP) is 2.45. The highest BCUT2D eigenvalue weighted by atomic mass is 16.1. The number of rotatable bonds is 3. The van der Waals surface area contributed by atoms with Gasteiger partial charge in [-0.1, -0.05) is 13.8 Å². The topological polar surface area (TPSA) is 34.9 Å². The Hall–Kier alpha value is -1.12. The van der Waals surface area contributed by atoms with Crippen LogP contribution in [0.5, 0.6) is 0 Å². The average molecular weight is 206 g/mol. The molecule has 3 heteroatoms. The molecule has 0 atom stereocenters. The molecule has 1 aliphatic rings. The second-order valence-corrected chi connectivity index (χ2v) is 4.69. The first-order chi connectivity index (χ1) is 7.18. The number of hydrogen-bond donors (Lipinski definition) is 0. The van der Waals surface area contributed by atoms with Gasteiger partial charge in [-0.2, -0.15) is 5.10 Å². The molecule has 3 nitrogen and oxygen atoms in total. The Bertz CT molecular complexity index is 366. The predicted molar refractivity (Wildman–Crippen MR) is 59.0 cm³/mol. The van der Waals surface area contributed by atoms with E-state index in [-0.39, 0.29) is 5.78 Å². The fourth-order valence-electron chi connectivity index (χ4n) is 2.03. The van der Waals surface area contributed by atoms with Gasteiger partial charge in [0.25, 0.3) is 0 Å². The van der Waals surface area contributed by atoms with Crippen molar-refractivity contribution < 1.29 is 4.79 Å². The maximum atomic E-state index is 11.6. The first kappa shape index (κ1) is 10.4. The van der Waals surface area contributed by atoms with Crippen LogP contribution >= 0.6 is 0 Å². The molecule has 0 saturated heterocycles. The summed E-state index contributed by atoms with van der Waals surface area (Å²) < 4.78 is 2.02. The molecule has 1 aromatic heterocycles. The van der Waals surface area contributed by atoms with Crippen molar-refractivity contribution in [2.24, 2.45) is 5.92 Å². The second kappa shape index (κ2) is 4.17. The number of fused-ring (bicyclic) bond motifs is 1. The molecule has 1 heterocycles. The van der Waals surface area contributed by atoms with Gasteiger partial charge in [0.2, 0.25) is 0 Å². The minimum absolute atomic E-state index is 0.270. The molecular formula is C12H18N2O. The van der Waals surface area contributed by atoms with Gasteiger partial charge in [0.15, 0.2) is 5.78 Å². The SMILES string of the molecule is CC(C)CCn1ncc2c1CCCC2=O. The highest BCUT2D eigenvalue weighted by Crippen LogP contribution is 2.21. The van der Waals surface area contributed by atoms with Crippen molar-refractivity contribution in [3.63, 3.8) is 0 Å². The second-order valence-electron chi connectivity index (χ2n) is 4.69. The van der Waals surface area contributed by atoms with Crippen LogP contribution in [0.4, 0.5) is 0 Å². The van der Waals surface area contributed by atoms with E-state index >= 15 is 0 Å². The normalized spacial score (nSPS) is 15.8. The number of carbonyl (C=O) groups is 1. The van der Waals surface area contributed by atoms with Gasteiger partial charge in [-0.3, -0.25) is 9.48 Å². The number of Topliss-reactive ketones (excluding diaryl/α,β-unsaturated/α-hetero) is 1. The van der Waals surface area contributed by atoms with Gasteiger partial charge >= 0.3 is 0 Å². The molecule has 1 aliphatic carbocycles. The van der Waals surface area contributed by atoms with E-state index in [4.69, 9.17) is 0 Å². The quantitative estimate of drug-likeness (QED) is 0.761. The summed E-state index contributed by atoms with van der Waals surface area (Å²) in [6, 6.07) is 0. The van der Waals surface area contributed by atoms with Gasteiger partial charge < -0.3 is 0 Å². The Kier molecular flexibility index (Phi) is 2.89. The maximum absolute atomic E-state index is 11.6. The number of ketones is 1. The van der Waals surface area contributed by atoms with Crippen LogP contribution in [0.15, 0.2) is 6.20 Å². The van der Waals surface area contributed by atoms with Crippen LogP contribution in [0.25, 0.3) is 0 Å². The van der Waals surface area contributed by atoms with Crippen LogP contribution < -0.4 is 0 Å². The van der Waals surface area contributed by atoms with Crippen molar-refractivity contribution in [2.45, 2.75) is 46.1 Å². The van der Waals surface area contributed by atoms with E-state index < -0.39 is 0 Å². The first-order valence-electron chi connectivity index (χ1n) is 5.76. The van der Waals surface area contributed by atoms with Crippen LogP contribution in [0.3, 0.4) is 0 Å². The third-order valence-electron chi connectivity index (χ3n) is 2.98. The summed E-state index contributed by atoms with van der Waals surface area (Å²) in [6.45, 7) is 5.36. The maximum Gasteiger partial charge on any atom is 0.166 e. The molecule has 82 valence electrons. The number of hydrogen-bond acceptors (Lipinski definition) is 2. The lowest BCUT2D eigenvalue weighted by molar-refractivity contribution is 0.0971. The largest absolute Gasteiger partial charge is 0.294 e. The minimum atomic E-state index is 0.270. The fourth-order valence-corrected chi connectivity index (χ4v) is 2.03. The smallest absolute Gasteiger partial charge is 0.166 e. The molecule has 0 saturated carbocycles. The molecule has 0 unspecified atom stereocenters. The van der Waals surface area contributed by atoms with Gasteiger partial charge in [-0.15, -0.1) is 0 Å². The molecular weight excluding hydrogens is 188 g/mol. The van der Waals surface area contributed by atoms with E-state index in [0.29, 0.717) is 12.3 Å². The number of carbonyl (C=O) groups excluding carboxylic acids is 1. The zero-order chi connectivity index (χ0) is 10.8. The van der Waals surface area contributed by atoms with E-state index in [1.807, 2.05) is 4.68 Å². The number of aryl methyl sites for hydroxylation is 1. The Labute approximate surface area is 90.5 Å².